The van der Waals surface area contributed by atoms with Crippen molar-refractivity contribution < 1.29 is 28.3 Å². The van der Waals surface area contributed by atoms with Crippen molar-refractivity contribution in [1.82, 2.24) is 0 Å². The number of halogens is 1. The van der Waals surface area contributed by atoms with Gasteiger partial charge in [0.1, 0.15) is 23.9 Å². The predicted octanol–water partition coefficient (Wildman–Crippen LogP) is 6.18. The number of carbonyl (C=O) groups excluding carboxylic acids is 1. The summed E-state index contributed by atoms with van der Waals surface area (Å²) in [5.41, 5.74) is 2.05. The molecule has 0 aliphatic carbocycles. The van der Waals surface area contributed by atoms with Gasteiger partial charge in [-0.25, -0.2) is 9.18 Å². The minimum atomic E-state index is -0.746. The Bertz CT molecular complexity index is 1340. The molecule has 3 atom stereocenters. The molecule has 0 unspecified atom stereocenters. The number of carbonyl (C=O) groups is 1. The summed E-state index contributed by atoms with van der Waals surface area (Å²) < 4.78 is 31.5. The zero-order valence-electron chi connectivity index (χ0n) is 21.3. The van der Waals surface area contributed by atoms with Crippen LogP contribution in [0.4, 0.5) is 15.8 Å². The molecule has 198 valence electrons. The standard InChI is InChI=1S/C29H29FN2O6/c1-18-10-19(2)15-31(14-18)25-9-8-21(13-26(25)32(34)35)28(33)36-16-22-11-24(30)12-23-17-37-29(38-27(22)23)20-6-4-3-5-7-20/h3-9,11-13,18-19,29H,10,14-17H2,1-2H3/t18-,19+,29-/m0/s1. The highest BCUT2D eigenvalue weighted by Gasteiger charge is 2.29. The summed E-state index contributed by atoms with van der Waals surface area (Å²) in [5, 5.41) is 11.9. The van der Waals surface area contributed by atoms with E-state index in [0.29, 0.717) is 47.5 Å². The fraction of sp³-hybridized carbons (Fsp3) is 0.345. The van der Waals surface area contributed by atoms with Gasteiger partial charge < -0.3 is 19.1 Å². The Kier molecular flexibility index (Phi) is 7.28. The molecule has 9 heteroatoms. The lowest BCUT2D eigenvalue weighted by molar-refractivity contribution is -0.384. The summed E-state index contributed by atoms with van der Waals surface area (Å²) >= 11 is 0. The molecule has 8 nitrogen and oxygen atoms in total. The van der Waals surface area contributed by atoms with E-state index in [4.69, 9.17) is 14.2 Å². The monoisotopic (exact) mass is 520 g/mol. The summed E-state index contributed by atoms with van der Waals surface area (Å²) in [5.74, 6) is -0.0348. The number of rotatable bonds is 6. The fourth-order valence-electron chi connectivity index (χ4n) is 5.31. The lowest BCUT2D eigenvalue weighted by Gasteiger charge is -2.36. The van der Waals surface area contributed by atoms with Crippen LogP contribution in [0.2, 0.25) is 0 Å². The molecule has 5 rings (SSSR count). The smallest absolute Gasteiger partial charge is 0.338 e. The number of esters is 1. The Morgan fingerprint density at radius 2 is 1.84 bits per heavy atom. The van der Waals surface area contributed by atoms with Crippen LogP contribution in [0, 0.1) is 27.8 Å². The first-order chi connectivity index (χ1) is 18.3. The quantitative estimate of drug-likeness (QED) is 0.218. The summed E-state index contributed by atoms with van der Waals surface area (Å²) in [6.45, 7) is 5.55. The first-order valence-corrected chi connectivity index (χ1v) is 12.6. The molecular formula is C29H29FN2O6. The molecule has 0 N–H and O–H groups in total. The van der Waals surface area contributed by atoms with Crippen molar-refractivity contribution in [3.63, 3.8) is 0 Å². The average Bonchev–Trinajstić information content (AvgIpc) is 2.90. The number of nitrogens with zero attached hydrogens (tertiary/aromatic N) is 2. The number of fused-ring (bicyclic) bond motifs is 1. The zero-order valence-corrected chi connectivity index (χ0v) is 21.3. The summed E-state index contributed by atoms with van der Waals surface area (Å²) in [6.07, 6.45) is 0.388. The van der Waals surface area contributed by atoms with Gasteiger partial charge in [0.25, 0.3) is 5.69 Å². The Morgan fingerprint density at radius 3 is 2.55 bits per heavy atom. The second-order valence-corrected chi connectivity index (χ2v) is 10.1. The van der Waals surface area contributed by atoms with Gasteiger partial charge in [-0.15, -0.1) is 0 Å². The van der Waals surface area contributed by atoms with Crippen molar-refractivity contribution >= 4 is 17.3 Å². The lowest BCUT2D eigenvalue weighted by Crippen LogP contribution is -2.39. The molecule has 0 spiro atoms. The highest BCUT2D eigenvalue weighted by Crippen LogP contribution is 2.37. The van der Waals surface area contributed by atoms with E-state index in [0.717, 1.165) is 12.0 Å². The number of ether oxygens (including phenoxy) is 3. The van der Waals surface area contributed by atoms with E-state index in [1.807, 2.05) is 35.2 Å². The second-order valence-electron chi connectivity index (χ2n) is 10.1. The number of nitro benzene ring substituents is 1. The van der Waals surface area contributed by atoms with Crippen molar-refractivity contribution in [1.29, 1.82) is 0 Å². The molecule has 38 heavy (non-hydrogen) atoms. The molecule has 2 aliphatic rings. The van der Waals surface area contributed by atoms with Crippen LogP contribution in [0.15, 0.2) is 60.7 Å². The minimum absolute atomic E-state index is 0.0511. The fourth-order valence-corrected chi connectivity index (χ4v) is 5.31. The van der Waals surface area contributed by atoms with E-state index in [1.165, 1.54) is 24.3 Å². The zero-order chi connectivity index (χ0) is 26.8. The third-order valence-corrected chi connectivity index (χ3v) is 6.87. The minimum Gasteiger partial charge on any atom is -0.460 e. The van der Waals surface area contributed by atoms with Gasteiger partial charge in [-0.1, -0.05) is 44.2 Å². The molecule has 0 amide bonds. The maximum Gasteiger partial charge on any atom is 0.338 e. The molecule has 3 aromatic carbocycles. The number of hydrogen-bond donors (Lipinski definition) is 0. The van der Waals surface area contributed by atoms with E-state index >= 15 is 0 Å². The molecule has 1 saturated heterocycles. The van der Waals surface area contributed by atoms with Gasteiger partial charge in [-0.2, -0.15) is 0 Å². The van der Waals surface area contributed by atoms with E-state index < -0.39 is 23.0 Å². The highest BCUT2D eigenvalue weighted by molar-refractivity contribution is 5.91. The molecule has 2 aliphatic heterocycles. The van der Waals surface area contributed by atoms with E-state index in [1.54, 1.807) is 6.07 Å². The molecule has 3 aromatic rings. The maximum absolute atomic E-state index is 14.3. The van der Waals surface area contributed by atoms with Gasteiger partial charge in [0, 0.05) is 35.8 Å². The van der Waals surface area contributed by atoms with Gasteiger partial charge in [-0.3, -0.25) is 10.1 Å². The molecule has 2 heterocycles. The van der Waals surface area contributed by atoms with E-state index in [9.17, 15) is 19.3 Å². The predicted molar refractivity (Wildman–Crippen MR) is 138 cm³/mol. The third-order valence-electron chi connectivity index (χ3n) is 6.87. The molecule has 0 saturated carbocycles. The average molecular weight is 521 g/mol. The van der Waals surface area contributed by atoms with Crippen LogP contribution >= 0.6 is 0 Å². The summed E-state index contributed by atoms with van der Waals surface area (Å²) in [4.78, 5) is 26.3. The van der Waals surface area contributed by atoms with Crippen molar-refractivity contribution in [3.8, 4) is 5.75 Å². The first-order valence-electron chi connectivity index (χ1n) is 12.6. The van der Waals surface area contributed by atoms with Crippen LogP contribution in [0.3, 0.4) is 0 Å². The lowest BCUT2D eigenvalue weighted by atomic mass is 9.91. The van der Waals surface area contributed by atoms with Gasteiger partial charge in [0.05, 0.1) is 17.1 Å². The van der Waals surface area contributed by atoms with Crippen molar-refractivity contribution in [3.05, 3.63) is 98.8 Å². The van der Waals surface area contributed by atoms with Crippen LogP contribution in [0.5, 0.6) is 5.75 Å². The third kappa shape index (κ3) is 5.47. The normalized spacial score (nSPS) is 20.8. The molecule has 0 aromatic heterocycles. The van der Waals surface area contributed by atoms with Gasteiger partial charge in [0.15, 0.2) is 0 Å². The Morgan fingerprint density at radius 1 is 1.11 bits per heavy atom. The number of benzene rings is 3. The topological polar surface area (TPSA) is 91.1 Å². The number of anilines is 1. The van der Waals surface area contributed by atoms with Crippen LogP contribution < -0.4 is 9.64 Å². The first kappa shape index (κ1) is 25.7. The maximum atomic E-state index is 14.3. The highest BCUT2D eigenvalue weighted by atomic mass is 19.1. The van der Waals surface area contributed by atoms with Crippen LogP contribution in [0.25, 0.3) is 0 Å². The molecule has 0 bridgehead atoms. The van der Waals surface area contributed by atoms with Gasteiger partial charge in [-0.05, 0) is 42.5 Å². The van der Waals surface area contributed by atoms with Gasteiger partial charge in [0.2, 0.25) is 6.29 Å². The van der Waals surface area contributed by atoms with Crippen LogP contribution in [-0.4, -0.2) is 24.0 Å². The molecule has 0 radical (unpaired) electrons. The SMILES string of the molecule is C[C@@H]1C[C@H](C)CN(c2ccc(C(=O)OCc3cc(F)cc4c3O[C@@H](c3ccccc3)OC4)cc2[N+](=O)[O-])C1. The second kappa shape index (κ2) is 10.8. The van der Waals surface area contributed by atoms with Crippen molar-refractivity contribution in [2.75, 3.05) is 18.0 Å². The largest absolute Gasteiger partial charge is 0.460 e. The molecular weight excluding hydrogens is 491 g/mol. The number of hydrogen-bond acceptors (Lipinski definition) is 7. The van der Waals surface area contributed by atoms with E-state index in [-0.39, 0.29) is 24.5 Å². The summed E-state index contributed by atoms with van der Waals surface area (Å²) in [7, 11) is 0. The Hall–Kier alpha value is -3.98. The Balaban J connectivity index is 1.34. The van der Waals surface area contributed by atoms with Crippen molar-refractivity contribution in [2.45, 2.75) is 39.8 Å². The summed E-state index contributed by atoms with van der Waals surface area (Å²) in [6, 6.07) is 16.3. The molecule has 1 fully saturated rings. The Labute approximate surface area is 220 Å². The number of nitro groups is 1. The van der Waals surface area contributed by atoms with Crippen LogP contribution in [-0.2, 0) is 22.7 Å². The number of piperidine rings is 1. The van der Waals surface area contributed by atoms with E-state index in [2.05, 4.69) is 13.8 Å². The van der Waals surface area contributed by atoms with Crippen molar-refractivity contribution in [2.24, 2.45) is 11.8 Å². The van der Waals surface area contributed by atoms with Gasteiger partial charge >= 0.3 is 5.97 Å². The van der Waals surface area contributed by atoms with Crippen LogP contribution in [0.1, 0.15) is 53.6 Å².